The summed E-state index contributed by atoms with van der Waals surface area (Å²) in [6.45, 7) is 2.88. The Morgan fingerprint density at radius 3 is 1.79 bits per heavy atom. The third kappa shape index (κ3) is 4.81. The molecule has 6 atom stereocenters. The van der Waals surface area contributed by atoms with Crippen LogP contribution < -0.4 is 14.5 Å². The molecule has 0 radical (unpaired) electrons. The molecule has 0 unspecified atom stereocenters. The number of methoxy groups -OCH3 is 1. The zero-order chi connectivity index (χ0) is 34.2. The number of benzene rings is 3. The van der Waals surface area contributed by atoms with E-state index in [-0.39, 0.29) is 47.7 Å². The number of phenols is 1. The van der Waals surface area contributed by atoms with Crippen molar-refractivity contribution in [2.45, 2.75) is 32.6 Å². The number of anilines is 2. The van der Waals surface area contributed by atoms with E-state index < -0.39 is 47.3 Å². The standard InChI is InChI=1S/C37H31IN2O8/c1-17(41)19-4-8-22(9-5-19)39-34(44)25-13-12-24-26(31(25)36(39)46)16-27-32(30(24)21-14-28(38)33(43)29(15-21)48-3)37(47)40(35(27)45)23-10-6-20(7-11-23)18(2)42/h4-12,14-15,25-27,30-32,43H,13,16H2,1-3H3/t25-,26+,27+,30-,31-,32+/m0/s1. The van der Waals surface area contributed by atoms with Crippen molar-refractivity contribution in [3.8, 4) is 11.5 Å². The third-order valence-electron chi connectivity index (χ3n) is 10.3. The van der Waals surface area contributed by atoms with Gasteiger partial charge in [0.05, 0.1) is 45.7 Å². The number of nitrogens with zero attached hydrogens (tertiary/aromatic N) is 2. The van der Waals surface area contributed by atoms with Crippen molar-refractivity contribution < 1.29 is 38.6 Å². The summed E-state index contributed by atoms with van der Waals surface area (Å²) in [4.78, 5) is 82.8. The summed E-state index contributed by atoms with van der Waals surface area (Å²) in [5.74, 6) is -5.76. The Hall–Kier alpha value is -4.65. The average Bonchev–Trinajstić information content (AvgIpc) is 3.48. The van der Waals surface area contributed by atoms with Gasteiger partial charge in [0.25, 0.3) is 0 Å². The van der Waals surface area contributed by atoms with Gasteiger partial charge in [-0.25, -0.2) is 0 Å². The van der Waals surface area contributed by atoms with Crippen LogP contribution in [0.5, 0.6) is 11.5 Å². The normalized spacial score (nSPS) is 26.2. The van der Waals surface area contributed by atoms with Crippen LogP contribution in [0.1, 0.15) is 58.9 Å². The van der Waals surface area contributed by atoms with Crippen molar-refractivity contribution in [2.24, 2.45) is 29.6 Å². The number of imide groups is 2. The number of fused-ring (bicyclic) bond motifs is 4. The fourth-order valence-corrected chi connectivity index (χ4v) is 8.72. The van der Waals surface area contributed by atoms with Crippen LogP contribution >= 0.6 is 22.6 Å². The number of ether oxygens (including phenoxy) is 1. The van der Waals surface area contributed by atoms with Crippen LogP contribution in [-0.4, -0.2) is 47.4 Å². The maximum Gasteiger partial charge on any atom is 0.238 e. The molecule has 0 spiro atoms. The molecule has 2 saturated heterocycles. The van der Waals surface area contributed by atoms with Gasteiger partial charge in [-0.15, -0.1) is 0 Å². The van der Waals surface area contributed by atoms with Crippen molar-refractivity contribution in [3.05, 3.63) is 92.6 Å². The van der Waals surface area contributed by atoms with Crippen LogP contribution in [-0.2, 0) is 19.2 Å². The van der Waals surface area contributed by atoms with E-state index in [2.05, 4.69) is 0 Å². The molecule has 3 fully saturated rings. The number of hydrogen-bond acceptors (Lipinski definition) is 8. The number of aromatic hydroxyl groups is 1. The minimum absolute atomic E-state index is 0.0486. The molecule has 2 heterocycles. The molecule has 10 nitrogen and oxygen atoms in total. The highest BCUT2D eigenvalue weighted by Crippen LogP contribution is 2.59. The highest BCUT2D eigenvalue weighted by molar-refractivity contribution is 14.1. The summed E-state index contributed by atoms with van der Waals surface area (Å²) >= 11 is 1.99. The number of carbonyl (C=O) groups excluding carboxylic acids is 6. The Balaban J connectivity index is 1.33. The lowest BCUT2D eigenvalue weighted by Crippen LogP contribution is -2.43. The van der Waals surface area contributed by atoms with Crippen LogP contribution in [0.2, 0.25) is 0 Å². The molecule has 3 aromatic carbocycles. The number of carbonyl (C=O) groups is 6. The molecule has 4 aliphatic rings. The number of rotatable bonds is 6. The Labute approximate surface area is 289 Å². The molecule has 2 aliphatic heterocycles. The van der Waals surface area contributed by atoms with Crippen LogP contribution in [0.15, 0.2) is 72.3 Å². The first-order chi connectivity index (χ1) is 22.9. The van der Waals surface area contributed by atoms with Gasteiger partial charge < -0.3 is 9.84 Å². The summed E-state index contributed by atoms with van der Waals surface area (Å²) in [7, 11) is 1.43. The lowest BCUT2D eigenvalue weighted by molar-refractivity contribution is -0.126. The Morgan fingerprint density at radius 2 is 1.27 bits per heavy atom. The number of hydrogen-bond donors (Lipinski definition) is 1. The van der Waals surface area contributed by atoms with Crippen molar-refractivity contribution >= 4 is 69.2 Å². The number of amides is 4. The van der Waals surface area contributed by atoms with Crippen LogP contribution in [0.25, 0.3) is 0 Å². The fourth-order valence-electron chi connectivity index (χ4n) is 8.09. The molecule has 3 aromatic rings. The van der Waals surface area contributed by atoms with Gasteiger partial charge >= 0.3 is 0 Å². The summed E-state index contributed by atoms with van der Waals surface area (Å²) < 4.78 is 5.97. The van der Waals surface area contributed by atoms with Gasteiger partial charge in [-0.05, 0) is 121 Å². The van der Waals surface area contributed by atoms with Crippen molar-refractivity contribution in [2.75, 3.05) is 16.9 Å². The molecule has 4 amide bonds. The Kier molecular flexibility index (Phi) is 7.85. The molecule has 244 valence electrons. The number of halogens is 1. The van der Waals surface area contributed by atoms with Gasteiger partial charge in [-0.1, -0.05) is 11.6 Å². The van der Waals surface area contributed by atoms with Gasteiger partial charge in [0, 0.05) is 17.0 Å². The minimum atomic E-state index is -0.809. The van der Waals surface area contributed by atoms with Crippen LogP contribution in [0, 0.1) is 33.2 Å². The lowest BCUT2D eigenvalue weighted by Gasteiger charge is -2.44. The average molecular weight is 759 g/mol. The molecule has 7 rings (SSSR count). The zero-order valence-electron chi connectivity index (χ0n) is 26.3. The predicted octanol–water partition coefficient (Wildman–Crippen LogP) is 5.46. The van der Waals surface area contributed by atoms with E-state index in [0.29, 0.717) is 31.6 Å². The lowest BCUT2D eigenvalue weighted by atomic mass is 9.57. The predicted molar refractivity (Wildman–Crippen MR) is 183 cm³/mol. The maximum absolute atomic E-state index is 14.4. The molecular weight excluding hydrogens is 727 g/mol. The SMILES string of the molecule is COc1cc([C@H]2C3=CC[C@@H]4C(=O)N(c5ccc(C(C)=O)cc5)C(=O)[C@@H]4[C@@H]3C[C@H]3C(=O)N(c4ccc(C(C)=O)cc4)C(=O)[C@@H]23)cc(I)c1O. The van der Waals surface area contributed by atoms with E-state index in [1.807, 2.05) is 28.7 Å². The molecule has 2 aliphatic carbocycles. The van der Waals surface area contributed by atoms with Gasteiger partial charge in [-0.3, -0.25) is 38.6 Å². The Bertz CT molecular complexity index is 1970. The number of ketones is 2. The second kappa shape index (κ2) is 11.8. The first-order valence-electron chi connectivity index (χ1n) is 15.7. The molecule has 48 heavy (non-hydrogen) atoms. The summed E-state index contributed by atoms with van der Waals surface area (Å²) in [5.41, 5.74) is 3.10. The fraction of sp³-hybridized carbons (Fsp3) is 0.297. The third-order valence-corrected chi connectivity index (χ3v) is 11.2. The molecular formula is C37H31IN2O8. The van der Waals surface area contributed by atoms with E-state index in [9.17, 15) is 33.9 Å². The number of phenolic OH excluding ortho intramolecular Hbond substituents is 1. The monoisotopic (exact) mass is 758 g/mol. The van der Waals surface area contributed by atoms with Crippen molar-refractivity contribution in [1.29, 1.82) is 0 Å². The minimum Gasteiger partial charge on any atom is -0.504 e. The quantitative estimate of drug-likeness (QED) is 0.152. The van der Waals surface area contributed by atoms with Gasteiger partial charge in [0.15, 0.2) is 23.1 Å². The molecule has 1 saturated carbocycles. The highest BCUT2D eigenvalue weighted by Gasteiger charge is 2.62. The maximum atomic E-state index is 14.4. The largest absolute Gasteiger partial charge is 0.504 e. The topological polar surface area (TPSA) is 138 Å². The first-order valence-corrected chi connectivity index (χ1v) is 16.7. The van der Waals surface area contributed by atoms with Gasteiger partial charge in [0.1, 0.15) is 0 Å². The second-order valence-electron chi connectivity index (χ2n) is 12.8. The first kappa shape index (κ1) is 31.9. The summed E-state index contributed by atoms with van der Waals surface area (Å²) in [6, 6.07) is 16.1. The second-order valence-corrected chi connectivity index (χ2v) is 14.0. The van der Waals surface area contributed by atoms with Crippen LogP contribution in [0.3, 0.4) is 0 Å². The summed E-state index contributed by atoms with van der Waals surface area (Å²) in [5, 5.41) is 10.7. The smallest absolute Gasteiger partial charge is 0.238 e. The zero-order valence-corrected chi connectivity index (χ0v) is 28.5. The number of Topliss-reactive ketones (excluding diaryl/α,β-unsaturated/α-hetero) is 2. The number of allylic oxidation sites excluding steroid dienone is 2. The van der Waals surface area contributed by atoms with E-state index >= 15 is 0 Å². The molecule has 0 bridgehead atoms. The van der Waals surface area contributed by atoms with Crippen molar-refractivity contribution in [3.63, 3.8) is 0 Å². The van der Waals surface area contributed by atoms with E-state index in [4.69, 9.17) is 4.74 Å². The van der Waals surface area contributed by atoms with Gasteiger partial charge in [0.2, 0.25) is 23.6 Å². The molecule has 1 N–H and O–H groups in total. The Morgan fingerprint density at radius 1 is 0.750 bits per heavy atom. The molecule has 0 aromatic heterocycles. The van der Waals surface area contributed by atoms with Crippen LogP contribution in [0.4, 0.5) is 11.4 Å². The van der Waals surface area contributed by atoms with E-state index in [0.717, 1.165) is 5.57 Å². The molecule has 11 heteroatoms. The van der Waals surface area contributed by atoms with E-state index in [1.54, 1.807) is 60.7 Å². The van der Waals surface area contributed by atoms with Crippen molar-refractivity contribution in [1.82, 2.24) is 0 Å². The summed E-state index contributed by atoms with van der Waals surface area (Å²) in [6.07, 6.45) is 2.43. The highest BCUT2D eigenvalue weighted by atomic mass is 127. The van der Waals surface area contributed by atoms with E-state index in [1.165, 1.54) is 30.8 Å². The van der Waals surface area contributed by atoms with Gasteiger partial charge in [-0.2, -0.15) is 0 Å².